The first kappa shape index (κ1) is 15.2. The van der Waals surface area contributed by atoms with Crippen molar-refractivity contribution in [2.45, 2.75) is 29.6 Å². The Morgan fingerprint density at radius 3 is 3.05 bits per heavy atom. The van der Waals surface area contributed by atoms with Crippen LogP contribution in [-0.2, 0) is 21.4 Å². The molecule has 9 heteroatoms. The number of aromatic amines is 1. The van der Waals surface area contributed by atoms with Crippen LogP contribution in [0.15, 0.2) is 34.0 Å². The molecule has 0 radical (unpaired) electrons. The zero-order chi connectivity index (χ0) is 15.6. The number of thiophene rings is 1. The minimum absolute atomic E-state index is 0.271. The van der Waals surface area contributed by atoms with E-state index in [2.05, 4.69) is 15.5 Å². The Balaban J connectivity index is 1.71. The zero-order valence-corrected chi connectivity index (χ0v) is 13.4. The fourth-order valence-corrected chi connectivity index (χ4v) is 5.27. The molecule has 118 valence electrons. The summed E-state index contributed by atoms with van der Waals surface area (Å²) in [6, 6.07) is 4.38. The van der Waals surface area contributed by atoms with Gasteiger partial charge in [0.15, 0.2) is 0 Å². The summed E-state index contributed by atoms with van der Waals surface area (Å²) in [5, 5.41) is 11.0. The van der Waals surface area contributed by atoms with Gasteiger partial charge in [-0.3, -0.25) is 9.89 Å². The maximum absolute atomic E-state index is 12.6. The number of nitrogens with one attached hydrogen (secondary N) is 2. The number of aromatic nitrogens is 2. The zero-order valence-electron chi connectivity index (χ0n) is 11.7. The molecule has 3 heterocycles. The van der Waals surface area contributed by atoms with Crippen molar-refractivity contribution in [2.24, 2.45) is 0 Å². The SMILES string of the molecule is O=C(NCc1ccn[nH]1)C1CCCN1S(=O)(=O)c1cccs1. The van der Waals surface area contributed by atoms with E-state index in [1.54, 1.807) is 29.8 Å². The molecule has 1 amide bonds. The topological polar surface area (TPSA) is 95.2 Å². The molecule has 1 unspecified atom stereocenters. The molecule has 2 aromatic rings. The third kappa shape index (κ3) is 2.92. The molecule has 7 nitrogen and oxygen atoms in total. The van der Waals surface area contributed by atoms with Crippen molar-refractivity contribution in [1.29, 1.82) is 0 Å². The minimum Gasteiger partial charge on any atom is -0.349 e. The van der Waals surface area contributed by atoms with Crippen LogP contribution < -0.4 is 5.32 Å². The van der Waals surface area contributed by atoms with E-state index in [0.717, 1.165) is 5.69 Å². The van der Waals surface area contributed by atoms with E-state index < -0.39 is 16.1 Å². The number of hydrogen-bond donors (Lipinski definition) is 2. The molecule has 3 rings (SSSR count). The predicted molar refractivity (Wildman–Crippen MR) is 81.7 cm³/mol. The smallest absolute Gasteiger partial charge is 0.253 e. The molecular formula is C13H16N4O3S2. The molecule has 0 aliphatic carbocycles. The average Bonchev–Trinajstić information content (AvgIpc) is 3.26. The van der Waals surface area contributed by atoms with Gasteiger partial charge in [0, 0.05) is 12.7 Å². The van der Waals surface area contributed by atoms with Gasteiger partial charge in [0.25, 0.3) is 10.0 Å². The standard InChI is InChI=1S/C13H16N4O3S2/c18-13(14-9-10-5-6-15-16-10)11-3-1-7-17(11)22(19,20)12-4-2-8-21-12/h2,4-6,8,11H,1,3,7,9H2,(H,14,18)(H,15,16). The Kier molecular flexibility index (Phi) is 4.27. The lowest BCUT2D eigenvalue weighted by molar-refractivity contribution is -0.124. The van der Waals surface area contributed by atoms with Crippen molar-refractivity contribution in [3.8, 4) is 0 Å². The number of carbonyl (C=O) groups excluding carboxylic acids is 1. The van der Waals surface area contributed by atoms with Crippen LogP contribution in [0.2, 0.25) is 0 Å². The van der Waals surface area contributed by atoms with Crippen LogP contribution in [0.3, 0.4) is 0 Å². The third-order valence-electron chi connectivity index (χ3n) is 3.58. The molecule has 1 fully saturated rings. The van der Waals surface area contributed by atoms with Crippen LogP contribution in [0.4, 0.5) is 0 Å². The quantitative estimate of drug-likeness (QED) is 0.847. The molecular weight excluding hydrogens is 324 g/mol. The summed E-state index contributed by atoms with van der Waals surface area (Å²) in [7, 11) is -3.59. The highest BCUT2D eigenvalue weighted by Crippen LogP contribution is 2.28. The van der Waals surface area contributed by atoms with Gasteiger partial charge in [-0.25, -0.2) is 8.42 Å². The van der Waals surface area contributed by atoms with Gasteiger partial charge in [0.1, 0.15) is 10.3 Å². The first-order valence-electron chi connectivity index (χ1n) is 6.90. The van der Waals surface area contributed by atoms with E-state index in [-0.39, 0.29) is 10.1 Å². The van der Waals surface area contributed by atoms with E-state index in [4.69, 9.17) is 0 Å². The maximum Gasteiger partial charge on any atom is 0.253 e. The van der Waals surface area contributed by atoms with Gasteiger partial charge in [-0.2, -0.15) is 9.40 Å². The molecule has 22 heavy (non-hydrogen) atoms. The molecule has 0 saturated carbocycles. The summed E-state index contributed by atoms with van der Waals surface area (Å²) in [5.74, 6) is -0.271. The van der Waals surface area contributed by atoms with Crippen molar-refractivity contribution in [2.75, 3.05) is 6.54 Å². The Bertz CT molecular complexity index is 725. The Morgan fingerprint density at radius 2 is 2.36 bits per heavy atom. The number of nitrogens with zero attached hydrogens (tertiary/aromatic N) is 2. The van der Waals surface area contributed by atoms with E-state index in [0.29, 0.717) is 25.9 Å². The monoisotopic (exact) mass is 340 g/mol. The summed E-state index contributed by atoms with van der Waals surface area (Å²) >= 11 is 1.17. The summed E-state index contributed by atoms with van der Waals surface area (Å²) in [6.45, 7) is 0.685. The van der Waals surface area contributed by atoms with Crippen molar-refractivity contribution in [3.05, 3.63) is 35.5 Å². The summed E-state index contributed by atoms with van der Waals surface area (Å²) in [4.78, 5) is 12.3. The lowest BCUT2D eigenvalue weighted by Gasteiger charge is -2.22. The summed E-state index contributed by atoms with van der Waals surface area (Å²) < 4.78 is 26.8. The first-order chi connectivity index (χ1) is 10.6. The molecule has 0 bridgehead atoms. The van der Waals surface area contributed by atoms with E-state index in [1.807, 2.05) is 0 Å². The van der Waals surface area contributed by atoms with Crippen LogP contribution in [0, 0.1) is 0 Å². The summed E-state index contributed by atoms with van der Waals surface area (Å²) in [5.41, 5.74) is 0.777. The molecule has 2 aromatic heterocycles. The molecule has 0 spiro atoms. The van der Waals surface area contributed by atoms with Crippen LogP contribution in [0.5, 0.6) is 0 Å². The minimum atomic E-state index is -3.59. The van der Waals surface area contributed by atoms with Crippen LogP contribution >= 0.6 is 11.3 Å². The number of amides is 1. The van der Waals surface area contributed by atoms with Gasteiger partial charge in [0.2, 0.25) is 5.91 Å². The molecule has 0 aromatic carbocycles. The second-order valence-electron chi connectivity index (χ2n) is 5.01. The van der Waals surface area contributed by atoms with Gasteiger partial charge < -0.3 is 5.32 Å². The molecule has 1 aliphatic rings. The second kappa shape index (κ2) is 6.19. The molecule has 1 aliphatic heterocycles. The predicted octanol–water partition coefficient (Wildman–Crippen LogP) is 0.941. The largest absolute Gasteiger partial charge is 0.349 e. The Labute approximate surface area is 132 Å². The van der Waals surface area contributed by atoms with E-state index in [9.17, 15) is 13.2 Å². The highest BCUT2D eigenvalue weighted by atomic mass is 32.2. The fraction of sp³-hybridized carbons (Fsp3) is 0.385. The number of sulfonamides is 1. The molecule has 2 N–H and O–H groups in total. The highest BCUT2D eigenvalue weighted by Gasteiger charge is 2.39. The molecule has 1 atom stereocenters. The van der Waals surface area contributed by atoms with Crippen LogP contribution in [0.1, 0.15) is 18.5 Å². The lowest BCUT2D eigenvalue weighted by Crippen LogP contribution is -2.45. The third-order valence-corrected chi connectivity index (χ3v) is 6.86. The van der Waals surface area contributed by atoms with Gasteiger partial charge >= 0.3 is 0 Å². The molecule has 1 saturated heterocycles. The van der Waals surface area contributed by atoms with Gasteiger partial charge in [0.05, 0.1) is 12.2 Å². The number of hydrogen-bond acceptors (Lipinski definition) is 5. The first-order valence-corrected chi connectivity index (χ1v) is 9.22. The van der Waals surface area contributed by atoms with E-state index in [1.165, 1.54) is 15.6 Å². The van der Waals surface area contributed by atoms with Crippen LogP contribution in [0.25, 0.3) is 0 Å². The van der Waals surface area contributed by atoms with Crippen molar-refractivity contribution < 1.29 is 13.2 Å². The highest BCUT2D eigenvalue weighted by molar-refractivity contribution is 7.91. The Morgan fingerprint density at radius 1 is 1.50 bits per heavy atom. The lowest BCUT2D eigenvalue weighted by atomic mass is 10.2. The average molecular weight is 340 g/mol. The number of rotatable bonds is 5. The maximum atomic E-state index is 12.6. The fourth-order valence-electron chi connectivity index (χ4n) is 2.50. The van der Waals surface area contributed by atoms with Crippen molar-refractivity contribution >= 4 is 27.3 Å². The summed E-state index contributed by atoms with van der Waals surface area (Å²) in [6.07, 6.45) is 2.83. The normalized spacial score (nSPS) is 19.4. The number of H-pyrrole nitrogens is 1. The van der Waals surface area contributed by atoms with Crippen LogP contribution in [-0.4, -0.2) is 41.4 Å². The van der Waals surface area contributed by atoms with Gasteiger partial charge in [-0.05, 0) is 30.4 Å². The number of carbonyl (C=O) groups is 1. The second-order valence-corrected chi connectivity index (χ2v) is 8.07. The van der Waals surface area contributed by atoms with Gasteiger partial charge in [-0.1, -0.05) is 6.07 Å². The van der Waals surface area contributed by atoms with Crippen molar-refractivity contribution in [3.63, 3.8) is 0 Å². The van der Waals surface area contributed by atoms with E-state index >= 15 is 0 Å². The van der Waals surface area contributed by atoms with Gasteiger partial charge in [-0.15, -0.1) is 11.3 Å². The van der Waals surface area contributed by atoms with Crippen molar-refractivity contribution in [1.82, 2.24) is 19.8 Å². The Hall–Kier alpha value is -1.71.